The third-order valence-corrected chi connectivity index (χ3v) is 5.87. The van der Waals surface area contributed by atoms with Crippen molar-refractivity contribution in [3.63, 3.8) is 0 Å². The molecule has 1 aromatic heterocycles. The average Bonchev–Trinajstić information content (AvgIpc) is 3.48. The van der Waals surface area contributed by atoms with Gasteiger partial charge in [0.1, 0.15) is 12.6 Å². The van der Waals surface area contributed by atoms with Gasteiger partial charge < -0.3 is 4.90 Å². The molecule has 0 aliphatic carbocycles. The summed E-state index contributed by atoms with van der Waals surface area (Å²) >= 11 is 6.08. The Kier molecular flexibility index (Phi) is 4.96. The lowest BCUT2D eigenvalue weighted by Crippen LogP contribution is -2.41. The van der Waals surface area contributed by atoms with Gasteiger partial charge in [0.2, 0.25) is 5.91 Å². The Hall–Kier alpha value is -3.19. The molecule has 1 fully saturated rings. The molecule has 3 heterocycles. The van der Waals surface area contributed by atoms with E-state index in [9.17, 15) is 4.79 Å². The van der Waals surface area contributed by atoms with Crippen molar-refractivity contribution in [3.8, 4) is 0 Å². The Morgan fingerprint density at radius 3 is 2.50 bits per heavy atom. The number of aromatic nitrogens is 4. The van der Waals surface area contributed by atoms with Crippen LogP contribution in [0.25, 0.3) is 5.70 Å². The van der Waals surface area contributed by atoms with Gasteiger partial charge in [-0.15, -0.1) is 0 Å². The van der Waals surface area contributed by atoms with Crippen molar-refractivity contribution in [1.29, 1.82) is 0 Å². The van der Waals surface area contributed by atoms with Crippen molar-refractivity contribution >= 4 is 29.2 Å². The number of halogens is 1. The van der Waals surface area contributed by atoms with E-state index in [4.69, 9.17) is 11.6 Å². The molecule has 1 atom stereocenters. The molecular formula is C22H21ClN6O. The summed E-state index contributed by atoms with van der Waals surface area (Å²) in [5.74, 6) is 0.651. The monoisotopic (exact) mass is 420 g/mol. The van der Waals surface area contributed by atoms with Crippen LogP contribution < -0.4 is 4.90 Å². The van der Waals surface area contributed by atoms with E-state index in [2.05, 4.69) is 21.6 Å². The number of carbonyl (C=O) groups excluding carboxylic acids is 1. The van der Waals surface area contributed by atoms with E-state index in [1.807, 2.05) is 64.4 Å². The van der Waals surface area contributed by atoms with Crippen LogP contribution >= 0.6 is 11.6 Å². The van der Waals surface area contributed by atoms with Gasteiger partial charge in [0.25, 0.3) is 5.95 Å². The fraction of sp³-hybridized carbons (Fsp3) is 0.273. The minimum Gasteiger partial charge on any atom is -0.341 e. The highest BCUT2D eigenvalue weighted by molar-refractivity contribution is 6.30. The van der Waals surface area contributed by atoms with Crippen LogP contribution in [0.1, 0.15) is 30.0 Å². The topological polar surface area (TPSA) is 67.2 Å². The Bertz CT molecular complexity index is 1070. The molecule has 3 aromatic rings. The van der Waals surface area contributed by atoms with E-state index in [-0.39, 0.29) is 18.5 Å². The van der Waals surface area contributed by atoms with Gasteiger partial charge in [0, 0.05) is 18.1 Å². The van der Waals surface area contributed by atoms with Gasteiger partial charge in [0.15, 0.2) is 0 Å². The average molecular weight is 421 g/mol. The molecule has 0 bridgehead atoms. The van der Waals surface area contributed by atoms with Gasteiger partial charge in [-0.2, -0.15) is 4.68 Å². The Labute approximate surface area is 179 Å². The van der Waals surface area contributed by atoms with Gasteiger partial charge in [-0.05, 0) is 52.6 Å². The third-order valence-electron chi connectivity index (χ3n) is 5.62. The number of benzene rings is 2. The van der Waals surface area contributed by atoms with Gasteiger partial charge >= 0.3 is 0 Å². The van der Waals surface area contributed by atoms with Crippen LogP contribution in [0.5, 0.6) is 0 Å². The summed E-state index contributed by atoms with van der Waals surface area (Å²) in [6.07, 6.45) is 4.23. The fourth-order valence-electron chi connectivity index (χ4n) is 4.08. The molecule has 30 heavy (non-hydrogen) atoms. The number of carbonyl (C=O) groups is 1. The molecule has 1 saturated heterocycles. The van der Waals surface area contributed by atoms with Gasteiger partial charge in [-0.3, -0.25) is 9.69 Å². The first kappa shape index (κ1) is 18.8. The highest BCUT2D eigenvalue weighted by Crippen LogP contribution is 2.36. The summed E-state index contributed by atoms with van der Waals surface area (Å²) in [6.45, 7) is 1.83. The number of rotatable bonds is 4. The highest BCUT2D eigenvalue weighted by Gasteiger charge is 2.33. The van der Waals surface area contributed by atoms with Crippen LogP contribution in [0.15, 0.2) is 60.7 Å². The summed E-state index contributed by atoms with van der Waals surface area (Å²) in [7, 11) is 0. The number of hydrogen-bond acceptors (Lipinski definition) is 5. The summed E-state index contributed by atoms with van der Waals surface area (Å²) < 4.78 is 1.76. The second-order valence-electron chi connectivity index (χ2n) is 7.51. The number of nitrogens with zero attached hydrogens (tertiary/aromatic N) is 6. The molecule has 0 saturated carbocycles. The van der Waals surface area contributed by atoms with Crippen molar-refractivity contribution in [2.45, 2.75) is 18.9 Å². The van der Waals surface area contributed by atoms with Crippen molar-refractivity contribution in [3.05, 3.63) is 76.8 Å². The quantitative estimate of drug-likeness (QED) is 0.647. The first-order valence-corrected chi connectivity index (χ1v) is 10.4. The molecule has 0 radical (unpaired) electrons. The number of allylic oxidation sites excluding steroid dienone is 1. The zero-order valence-electron chi connectivity index (χ0n) is 16.4. The van der Waals surface area contributed by atoms with Gasteiger partial charge in [-0.1, -0.05) is 59.2 Å². The summed E-state index contributed by atoms with van der Waals surface area (Å²) in [6, 6.07) is 17.5. The standard InChI is InChI=1S/C22H21ClN6O/c23-18-10-8-17(9-11-18)20-14-19(16-6-2-1-3-7-16)28(22-24-25-26-29(20)22)15-21(30)27-12-4-5-13-27/h1-3,6-11,14,20H,4-5,12-13,15H2. The minimum atomic E-state index is -0.194. The fourth-order valence-corrected chi connectivity index (χ4v) is 4.21. The maximum absolute atomic E-state index is 13.0. The van der Waals surface area contributed by atoms with Gasteiger partial charge in [0.05, 0.1) is 5.70 Å². The SMILES string of the molecule is O=C(CN1C(c2ccccc2)=CC(c2ccc(Cl)cc2)n2nnnc21)N1CCCC1. The summed E-state index contributed by atoms with van der Waals surface area (Å²) in [5.41, 5.74) is 2.96. The Morgan fingerprint density at radius 2 is 1.77 bits per heavy atom. The largest absolute Gasteiger partial charge is 0.341 e. The highest BCUT2D eigenvalue weighted by atomic mass is 35.5. The van der Waals surface area contributed by atoms with Crippen LogP contribution in [-0.4, -0.2) is 50.6 Å². The summed E-state index contributed by atoms with van der Waals surface area (Å²) in [5, 5.41) is 13.1. The molecule has 5 rings (SSSR count). The van der Waals surface area contributed by atoms with E-state index in [1.54, 1.807) is 4.68 Å². The number of hydrogen-bond donors (Lipinski definition) is 0. The molecular weight excluding hydrogens is 400 g/mol. The summed E-state index contributed by atoms with van der Waals surface area (Å²) in [4.78, 5) is 16.8. The minimum absolute atomic E-state index is 0.0915. The molecule has 0 spiro atoms. The predicted octanol–water partition coefficient (Wildman–Crippen LogP) is 3.40. The Morgan fingerprint density at radius 1 is 1.03 bits per heavy atom. The number of likely N-dealkylation sites (tertiary alicyclic amines) is 1. The zero-order valence-corrected chi connectivity index (χ0v) is 17.1. The number of fused-ring (bicyclic) bond motifs is 1. The molecule has 1 amide bonds. The van der Waals surface area contributed by atoms with Crippen LogP contribution in [0.4, 0.5) is 5.95 Å². The van der Waals surface area contributed by atoms with E-state index in [0.29, 0.717) is 11.0 Å². The maximum Gasteiger partial charge on any atom is 0.251 e. The molecule has 0 N–H and O–H groups in total. The van der Waals surface area contributed by atoms with Crippen molar-refractivity contribution < 1.29 is 4.79 Å². The number of amides is 1. The van der Waals surface area contributed by atoms with Crippen molar-refractivity contribution in [2.24, 2.45) is 0 Å². The van der Waals surface area contributed by atoms with Crippen molar-refractivity contribution in [1.82, 2.24) is 25.1 Å². The molecule has 2 aliphatic heterocycles. The second kappa shape index (κ2) is 7.91. The van der Waals surface area contributed by atoms with Gasteiger partial charge in [-0.25, -0.2) is 0 Å². The molecule has 8 heteroatoms. The normalized spacial score (nSPS) is 18.3. The smallest absolute Gasteiger partial charge is 0.251 e. The Balaban J connectivity index is 1.58. The molecule has 2 aliphatic rings. The van der Waals surface area contributed by atoms with Crippen molar-refractivity contribution in [2.75, 3.05) is 24.5 Å². The molecule has 2 aromatic carbocycles. The first-order valence-electron chi connectivity index (χ1n) is 10.1. The second-order valence-corrected chi connectivity index (χ2v) is 7.95. The van der Waals surface area contributed by atoms with E-state index in [0.717, 1.165) is 42.8 Å². The lowest BCUT2D eigenvalue weighted by molar-refractivity contribution is -0.128. The van der Waals surface area contributed by atoms with Crippen LogP contribution in [0.2, 0.25) is 5.02 Å². The number of anilines is 1. The van der Waals surface area contributed by atoms with E-state index >= 15 is 0 Å². The van der Waals surface area contributed by atoms with E-state index in [1.165, 1.54) is 0 Å². The molecule has 152 valence electrons. The van der Waals surface area contributed by atoms with Crippen LogP contribution in [0, 0.1) is 0 Å². The maximum atomic E-state index is 13.0. The predicted molar refractivity (Wildman–Crippen MR) is 115 cm³/mol. The number of tetrazole rings is 1. The third kappa shape index (κ3) is 3.45. The van der Waals surface area contributed by atoms with Crippen LogP contribution in [-0.2, 0) is 4.79 Å². The lowest BCUT2D eigenvalue weighted by Gasteiger charge is -2.33. The molecule has 1 unspecified atom stereocenters. The molecule has 7 nitrogen and oxygen atoms in total. The zero-order chi connectivity index (χ0) is 20.5. The van der Waals surface area contributed by atoms with Crippen LogP contribution in [0.3, 0.4) is 0 Å². The lowest BCUT2D eigenvalue weighted by atomic mass is 10.0. The first-order chi connectivity index (χ1) is 14.7. The van der Waals surface area contributed by atoms with E-state index < -0.39 is 0 Å².